The number of alkyl halides is 2. The second kappa shape index (κ2) is 5.57. The number of H-pyrrole nitrogens is 1. The topological polar surface area (TPSA) is 87.8 Å². The minimum Gasteiger partial charge on any atom is -0.387 e. The van der Waals surface area contributed by atoms with Crippen LogP contribution in [-0.4, -0.2) is 37.7 Å². The van der Waals surface area contributed by atoms with E-state index in [9.17, 15) is 8.78 Å². The van der Waals surface area contributed by atoms with Crippen molar-refractivity contribution in [2.24, 2.45) is 0 Å². The Hall–Kier alpha value is -2.35. The minimum absolute atomic E-state index is 0.0195. The van der Waals surface area contributed by atoms with Crippen LogP contribution < -0.4 is 0 Å². The van der Waals surface area contributed by atoms with Gasteiger partial charge in [-0.3, -0.25) is 0 Å². The van der Waals surface area contributed by atoms with E-state index in [0.717, 1.165) is 11.0 Å². The highest BCUT2D eigenvalue weighted by atomic mass is 19.3. The third-order valence-corrected chi connectivity index (χ3v) is 2.95. The Morgan fingerprint density at radius 1 is 1.24 bits per heavy atom. The Morgan fingerprint density at radius 3 is 2.81 bits per heavy atom. The molecule has 0 saturated carbocycles. The summed E-state index contributed by atoms with van der Waals surface area (Å²) in [6, 6.07) is 7.54. The monoisotopic (exact) mass is 294 g/mol. The molecule has 110 valence electrons. The molecule has 8 heteroatoms. The van der Waals surface area contributed by atoms with Gasteiger partial charge in [0.2, 0.25) is 5.89 Å². The van der Waals surface area contributed by atoms with Crippen LogP contribution in [0.15, 0.2) is 28.8 Å². The number of imidazole rings is 1. The van der Waals surface area contributed by atoms with Gasteiger partial charge in [-0.1, -0.05) is 17.3 Å². The molecular weight excluding hydrogens is 282 g/mol. The fraction of sp³-hybridized carbons (Fsp3) is 0.308. The van der Waals surface area contributed by atoms with E-state index in [0.29, 0.717) is 18.1 Å². The van der Waals surface area contributed by atoms with E-state index in [1.807, 2.05) is 24.3 Å². The largest absolute Gasteiger partial charge is 0.387 e. The number of rotatable bonds is 5. The van der Waals surface area contributed by atoms with Crippen molar-refractivity contribution in [3.63, 3.8) is 0 Å². The van der Waals surface area contributed by atoms with Crippen molar-refractivity contribution in [2.75, 3.05) is 0 Å². The van der Waals surface area contributed by atoms with Crippen LogP contribution in [0.3, 0.4) is 0 Å². The van der Waals surface area contributed by atoms with Crippen molar-refractivity contribution in [2.45, 2.75) is 25.4 Å². The summed E-state index contributed by atoms with van der Waals surface area (Å²) in [5.74, 6) is 0.956. The van der Waals surface area contributed by atoms with Crippen LogP contribution in [-0.2, 0) is 12.8 Å². The third kappa shape index (κ3) is 3.05. The van der Waals surface area contributed by atoms with Crippen molar-refractivity contribution in [3.8, 4) is 0 Å². The van der Waals surface area contributed by atoms with E-state index in [1.165, 1.54) is 0 Å². The summed E-state index contributed by atoms with van der Waals surface area (Å²) in [5.41, 5.74) is 1.72. The number of aliphatic hydroxyl groups is 1. The number of nitrogens with zero attached hydrogens (tertiary/aromatic N) is 3. The van der Waals surface area contributed by atoms with Gasteiger partial charge >= 0.3 is 0 Å². The van der Waals surface area contributed by atoms with Crippen LogP contribution in [0.2, 0.25) is 0 Å². The Morgan fingerprint density at radius 2 is 2.05 bits per heavy atom. The molecule has 3 aromatic rings. The number of hydrogen-bond acceptors (Lipinski definition) is 5. The molecule has 6 nitrogen and oxygen atoms in total. The maximum absolute atomic E-state index is 12.2. The van der Waals surface area contributed by atoms with Crippen molar-refractivity contribution in [3.05, 3.63) is 41.8 Å². The van der Waals surface area contributed by atoms with Crippen LogP contribution in [0.4, 0.5) is 8.78 Å². The summed E-state index contributed by atoms with van der Waals surface area (Å²) >= 11 is 0. The molecule has 2 heterocycles. The first-order valence-electron chi connectivity index (χ1n) is 6.33. The van der Waals surface area contributed by atoms with Crippen LogP contribution >= 0.6 is 0 Å². The molecule has 0 bridgehead atoms. The first-order valence-corrected chi connectivity index (χ1v) is 6.33. The number of para-hydroxylation sites is 2. The summed E-state index contributed by atoms with van der Waals surface area (Å²) in [6.45, 7) is 0. The predicted octanol–water partition coefficient (Wildman–Crippen LogP) is 1.71. The fourth-order valence-electron chi connectivity index (χ4n) is 1.95. The summed E-state index contributed by atoms with van der Waals surface area (Å²) in [5, 5.41) is 12.8. The fourth-order valence-corrected chi connectivity index (χ4v) is 1.95. The molecular formula is C13H12F2N4O2. The van der Waals surface area contributed by atoms with E-state index >= 15 is 0 Å². The zero-order valence-corrected chi connectivity index (χ0v) is 10.8. The van der Waals surface area contributed by atoms with Crippen LogP contribution in [0.25, 0.3) is 11.0 Å². The third-order valence-electron chi connectivity index (χ3n) is 2.95. The van der Waals surface area contributed by atoms with Gasteiger partial charge in [0.1, 0.15) is 11.9 Å². The predicted molar refractivity (Wildman–Crippen MR) is 68.9 cm³/mol. The average molecular weight is 294 g/mol. The number of fused-ring (bicyclic) bond motifs is 1. The summed E-state index contributed by atoms with van der Waals surface area (Å²) in [4.78, 5) is 11.4. The molecule has 1 aromatic carbocycles. The quantitative estimate of drug-likeness (QED) is 0.748. The number of aromatic nitrogens is 4. The van der Waals surface area contributed by atoms with E-state index in [2.05, 4.69) is 20.1 Å². The lowest BCUT2D eigenvalue weighted by Gasteiger charge is -2.04. The Bertz CT molecular complexity index is 707. The second-order valence-electron chi connectivity index (χ2n) is 4.59. The summed E-state index contributed by atoms with van der Waals surface area (Å²) in [7, 11) is 0. The lowest BCUT2D eigenvalue weighted by molar-refractivity contribution is -0.00754. The number of benzene rings is 1. The molecule has 21 heavy (non-hydrogen) atoms. The smallest absolute Gasteiger partial charge is 0.264 e. The van der Waals surface area contributed by atoms with E-state index < -0.39 is 12.5 Å². The molecule has 0 fully saturated rings. The van der Waals surface area contributed by atoms with E-state index in [-0.39, 0.29) is 12.3 Å². The van der Waals surface area contributed by atoms with Crippen molar-refractivity contribution in [1.29, 1.82) is 0 Å². The molecule has 0 amide bonds. The lowest BCUT2D eigenvalue weighted by atomic mass is 10.2. The lowest BCUT2D eigenvalue weighted by Crippen LogP contribution is -2.20. The maximum atomic E-state index is 12.2. The highest BCUT2D eigenvalue weighted by Gasteiger charge is 2.21. The zero-order chi connectivity index (χ0) is 14.8. The molecule has 2 N–H and O–H groups in total. The first kappa shape index (κ1) is 13.6. The molecule has 0 spiro atoms. The Kier molecular flexibility index (Phi) is 3.61. The molecule has 0 aliphatic rings. The summed E-state index contributed by atoms with van der Waals surface area (Å²) in [6.07, 6.45) is -4.71. The molecule has 1 unspecified atom stereocenters. The van der Waals surface area contributed by atoms with Crippen LogP contribution in [0.5, 0.6) is 0 Å². The number of aliphatic hydroxyl groups excluding tert-OH is 1. The van der Waals surface area contributed by atoms with Gasteiger partial charge in [0.05, 0.1) is 23.9 Å². The van der Waals surface area contributed by atoms with Crippen molar-refractivity contribution in [1.82, 2.24) is 20.1 Å². The number of halogens is 2. The van der Waals surface area contributed by atoms with E-state index in [4.69, 9.17) is 9.63 Å². The molecule has 1 atom stereocenters. The standard InChI is InChI=1S/C13H12F2N4O2/c14-13(15)9(20)5-12-18-11(19-21-12)6-10-16-7-3-1-2-4-8(7)17-10/h1-4,9,13,20H,5-6H2,(H,16,17). The highest BCUT2D eigenvalue weighted by Crippen LogP contribution is 2.13. The first-order chi connectivity index (χ1) is 10.1. The van der Waals surface area contributed by atoms with Gasteiger partial charge in [0, 0.05) is 0 Å². The molecule has 3 rings (SSSR count). The Labute approximate surface area is 117 Å². The minimum atomic E-state index is -2.84. The van der Waals surface area contributed by atoms with Crippen molar-refractivity contribution < 1.29 is 18.4 Å². The molecule has 0 radical (unpaired) electrons. The van der Waals surface area contributed by atoms with E-state index in [1.54, 1.807) is 0 Å². The van der Waals surface area contributed by atoms with Gasteiger partial charge in [-0.2, -0.15) is 4.98 Å². The number of aromatic amines is 1. The van der Waals surface area contributed by atoms with Gasteiger partial charge in [0.25, 0.3) is 6.43 Å². The molecule has 0 aliphatic carbocycles. The van der Waals surface area contributed by atoms with Crippen molar-refractivity contribution >= 4 is 11.0 Å². The zero-order valence-electron chi connectivity index (χ0n) is 10.8. The SMILES string of the molecule is OC(Cc1nc(Cc2nc3ccccc3[nH]2)no1)C(F)F. The normalized spacial score (nSPS) is 13.1. The van der Waals surface area contributed by atoms with Gasteiger partial charge in [-0.05, 0) is 12.1 Å². The molecule has 2 aromatic heterocycles. The Balaban J connectivity index is 1.72. The van der Waals surface area contributed by atoms with Gasteiger partial charge in [-0.25, -0.2) is 13.8 Å². The average Bonchev–Trinajstić information content (AvgIpc) is 3.05. The second-order valence-corrected chi connectivity index (χ2v) is 4.59. The summed E-state index contributed by atoms with van der Waals surface area (Å²) < 4.78 is 29.3. The maximum Gasteiger partial charge on any atom is 0.264 e. The van der Waals surface area contributed by atoms with Crippen LogP contribution in [0.1, 0.15) is 17.5 Å². The molecule has 0 saturated heterocycles. The van der Waals surface area contributed by atoms with Gasteiger partial charge in [-0.15, -0.1) is 0 Å². The van der Waals surface area contributed by atoms with Gasteiger partial charge < -0.3 is 14.6 Å². The number of hydrogen-bond donors (Lipinski definition) is 2. The van der Waals surface area contributed by atoms with Crippen LogP contribution in [0, 0.1) is 0 Å². The highest BCUT2D eigenvalue weighted by molar-refractivity contribution is 5.74. The van der Waals surface area contributed by atoms with Gasteiger partial charge in [0.15, 0.2) is 5.82 Å². The molecule has 0 aliphatic heterocycles. The number of nitrogens with one attached hydrogen (secondary N) is 1.